The molecule has 84 valence electrons. The number of nitrogen functional groups attached to an aromatic ring is 1. The Balaban J connectivity index is 1.95. The fourth-order valence-electron chi connectivity index (χ4n) is 1.52. The van der Waals surface area contributed by atoms with Crippen LogP contribution in [0.1, 0.15) is 4.88 Å². The average Bonchev–Trinajstić information content (AvgIpc) is 2.78. The van der Waals surface area contributed by atoms with Gasteiger partial charge in [0.25, 0.3) is 0 Å². The van der Waals surface area contributed by atoms with Gasteiger partial charge in [-0.1, -0.05) is 6.07 Å². The van der Waals surface area contributed by atoms with E-state index in [2.05, 4.69) is 34.4 Å². The molecule has 0 fully saturated rings. The zero-order valence-electron chi connectivity index (χ0n) is 9.26. The molecule has 16 heavy (non-hydrogen) atoms. The molecule has 0 unspecified atom stereocenters. The van der Waals surface area contributed by atoms with E-state index in [9.17, 15) is 0 Å². The van der Waals surface area contributed by atoms with Gasteiger partial charge in [0, 0.05) is 24.7 Å². The molecule has 0 aromatic carbocycles. The Morgan fingerprint density at radius 2 is 2.31 bits per heavy atom. The molecule has 2 N–H and O–H groups in total. The van der Waals surface area contributed by atoms with Crippen LogP contribution in [0.15, 0.2) is 36.0 Å². The summed E-state index contributed by atoms with van der Waals surface area (Å²) in [6, 6.07) is 6.19. The average molecular weight is 233 g/mol. The van der Waals surface area contributed by atoms with Gasteiger partial charge in [-0.15, -0.1) is 11.3 Å². The highest BCUT2D eigenvalue weighted by atomic mass is 32.1. The van der Waals surface area contributed by atoms with Crippen molar-refractivity contribution in [2.45, 2.75) is 6.42 Å². The van der Waals surface area contributed by atoms with Gasteiger partial charge in [0.1, 0.15) is 0 Å². The van der Waals surface area contributed by atoms with Crippen LogP contribution in [0.3, 0.4) is 0 Å². The summed E-state index contributed by atoms with van der Waals surface area (Å²) >= 11 is 1.80. The monoisotopic (exact) mass is 233 g/mol. The normalized spacial score (nSPS) is 10.3. The third-order valence-electron chi connectivity index (χ3n) is 2.46. The first-order valence-corrected chi connectivity index (χ1v) is 6.08. The van der Waals surface area contributed by atoms with Crippen LogP contribution >= 0.6 is 11.3 Å². The second-order valence-corrected chi connectivity index (χ2v) is 4.76. The van der Waals surface area contributed by atoms with Crippen LogP contribution in [-0.4, -0.2) is 18.6 Å². The van der Waals surface area contributed by atoms with E-state index in [0.717, 1.165) is 18.7 Å². The Morgan fingerprint density at radius 3 is 3.00 bits per heavy atom. The Bertz CT molecular complexity index is 439. The summed E-state index contributed by atoms with van der Waals surface area (Å²) in [7, 11) is 2.06. The predicted octanol–water partition coefficient (Wildman–Crippen LogP) is 2.40. The highest BCUT2D eigenvalue weighted by Gasteiger charge is 2.02. The van der Waals surface area contributed by atoms with Crippen LogP contribution in [0, 0.1) is 0 Å². The van der Waals surface area contributed by atoms with Crippen LogP contribution < -0.4 is 10.6 Å². The minimum absolute atomic E-state index is 0.709. The number of anilines is 2. The molecular weight excluding hydrogens is 218 g/mol. The molecule has 2 heterocycles. The lowest BCUT2D eigenvalue weighted by Gasteiger charge is -2.18. The molecule has 0 radical (unpaired) electrons. The minimum Gasteiger partial charge on any atom is -0.397 e. The smallest absolute Gasteiger partial charge is 0.0570 e. The van der Waals surface area contributed by atoms with E-state index < -0.39 is 0 Å². The predicted molar refractivity (Wildman–Crippen MR) is 69.9 cm³/mol. The molecule has 0 amide bonds. The summed E-state index contributed by atoms with van der Waals surface area (Å²) < 4.78 is 0. The maximum Gasteiger partial charge on any atom is 0.0570 e. The third kappa shape index (κ3) is 2.73. The standard InChI is InChI=1S/C12H15N3S/c1-15(5-4-12-3-2-6-16-12)11-7-10(13)8-14-9-11/h2-3,6-9H,4-5,13H2,1H3. The topological polar surface area (TPSA) is 42.2 Å². The van der Waals surface area contributed by atoms with Crippen molar-refractivity contribution in [3.8, 4) is 0 Å². The van der Waals surface area contributed by atoms with E-state index in [0.29, 0.717) is 5.69 Å². The lowest BCUT2D eigenvalue weighted by atomic mass is 10.3. The molecule has 0 saturated carbocycles. The number of pyridine rings is 1. The number of rotatable bonds is 4. The number of aromatic nitrogens is 1. The highest BCUT2D eigenvalue weighted by Crippen LogP contribution is 2.16. The zero-order chi connectivity index (χ0) is 11.4. The number of thiophene rings is 1. The zero-order valence-corrected chi connectivity index (χ0v) is 10.1. The highest BCUT2D eigenvalue weighted by molar-refractivity contribution is 7.09. The molecule has 2 rings (SSSR count). The molecule has 0 atom stereocenters. The Hall–Kier alpha value is -1.55. The second kappa shape index (κ2) is 4.99. The van der Waals surface area contributed by atoms with Gasteiger partial charge < -0.3 is 10.6 Å². The van der Waals surface area contributed by atoms with Crippen molar-refractivity contribution >= 4 is 22.7 Å². The number of likely N-dealkylation sites (N-methyl/N-ethyl adjacent to an activating group) is 1. The summed E-state index contributed by atoms with van der Waals surface area (Å²) in [6.07, 6.45) is 4.56. The summed E-state index contributed by atoms with van der Waals surface area (Å²) in [5, 5.41) is 2.11. The van der Waals surface area contributed by atoms with E-state index >= 15 is 0 Å². The fraction of sp³-hybridized carbons (Fsp3) is 0.250. The van der Waals surface area contributed by atoms with Gasteiger partial charge >= 0.3 is 0 Å². The van der Waals surface area contributed by atoms with Crippen molar-refractivity contribution < 1.29 is 0 Å². The largest absolute Gasteiger partial charge is 0.397 e. The van der Waals surface area contributed by atoms with Gasteiger partial charge in [-0.05, 0) is 23.9 Å². The van der Waals surface area contributed by atoms with E-state index in [1.807, 2.05) is 12.3 Å². The molecule has 2 aromatic heterocycles. The summed E-state index contributed by atoms with van der Waals surface area (Å²) in [5.74, 6) is 0. The first-order valence-electron chi connectivity index (χ1n) is 5.20. The molecule has 0 saturated heterocycles. The minimum atomic E-state index is 0.709. The molecule has 4 heteroatoms. The molecule has 0 aliphatic carbocycles. The Morgan fingerprint density at radius 1 is 1.44 bits per heavy atom. The first-order chi connectivity index (χ1) is 7.75. The van der Waals surface area contributed by atoms with Gasteiger partial charge in [0.15, 0.2) is 0 Å². The Labute approximate surface area is 99.5 Å². The maximum atomic E-state index is 5.70. The summed E-state index contributed by atoms with van der Waals surface area (Å²) in [6.45, 7) is 0.978. The van der Waals surface area contributed by atoms with E-state index in [1.54, 1.807) is 17.5 Å². The maximum absolute atomic E-state index is 5.70. The Kier molecular flexibility index (Phi) is 3.41. The van der Waals surface area contributed by atoms with E-state index in [-0.39, 0.29) is 0 Å². The molecule has 3 nitrogen and oxygen atoms in total. The van der Waals surface area contributed by atoms with Crippen molar-refractivity contribution in [2.75, 3.05) is 24.2 Å². The van der Waals surface area contributed by atoms with Crippen molar-refractivity contribution in [1.82, 2.24) is 4.98 Å². The lowest BCUT2D eigenvalue weighted by molar-refractivity contribution is 0.884. The number of hydrogen-bond donors (Lipinski definition) is 1. The quantitative estimate of drug-likeness (QED) is 0.881. The van der Waals surface area contributed by atoms with Gasteiger partial charge in [0.05, 0.1) is 17.6 Å². The third-order valence-corrected chi connectivity index (χ3v) is 3.40. The molecular formula is C12H15N3S. The van der Waals surface area contributed by atoms with Crippen LogP contribution in [-0.2, 0) is 6.42 Å². The fourth-order valence-corrected chi connectivity index (χ4v) is 2.21. The number of nitrogens with two attached hydrogens (primary N) is 1. The van der Waals surface area contributed by atoms with Crippen molar-refractivity contribution in [1.29, 1.82) is 0 Å². The molecule has 0 aliphatic rings. The number of hydrogen-bond acceptors (Lipinski definition) is 4. The van der Waals surface area contributed by atoms with Crippen LogP contribution in [0.5, 0.6) is 0 Å². The summed E-state index contributed by atoms with van der Waals surface area (Å²) in [5.41, 5.74) is 7.48. The molecule has 2 aromatic rings. The van der Waals surface area contributed by atoms with Crippen LogP contribution in [0.2, 0.25) is 0 Å². The van der Waals surface area contributed by atoms with Gasteiger partial charge in [0.2, 0.25) is 0 Å². The van der Waals surface area contributed by atoms with Crippen molar-refractivity contribution in [3.63, 3.8) is 0 Å². The van der Waals surface area contributed by atoms with E-state index in [4.69, 9.17) is 5.73 Å². The van der Waals surface area contributed by atoms with Crippen LogP contribution in [0.4, 0.5) is 11.4 Å². The molecule has 0 bridgehead atoms. The first kappa shape index (κ1) is 11.0. The van der Waals surface area contributed by atoms with Crippen molar-refractivity contribution in [3.05, 3.63) is 40.8 Å². The van der Waals surface area contributed by atoms with Gasteiger partial charge in [-0.3, -0.25) is 4.98 Å². The van der Waals surface area contributed by atoms with Crippen molar-refractivity contribution in [2.24, 2.45) is 0 Å². The summed E-state index contributed by atoms with van der Waals surface area (Å²) in [4.78, 5) is 7.66. The molecule has 0 spiro atoms. The number of nitrogens with zero attached hydrogens (tertiary/aromatic N) is 2. The van der Waals surface area contributed by atoms with Gasteiger partial charge in [-0.25, -0.2) is 0 Å². The SMILES string of the molecule is CN(CCc1cccs1)c1cncc(N)c1. The second-order valence-electron chi connectivity index (χ2n) is 3.73. The molecule has 0 aliphatic heterocycles. The lowest BCUT2D eigenvalue weighted by Crippen LogP contribution is -2.20. The van der Waals surface area contributed by atoms with Gasteiger partial charge in [-0.2, -0.15) is 0 Å². The van der Waals surface area contributed by atoms with Crippen LogP contribution in [0.25, 0.3) is 0 Å². The van der Waals surface area contributed by atoms with E-state index in [1.165, 1.54) is 4.88 Å².